The molecule has 2 N–H and O–H groups in total. The number of hydrogen-bond donors (Lipinski definition) is 1. The number of aryl methyl sites for hydroxylation is 1. The van der Waals surface area contributed by atoms with Crippen molar-refractivity contribution in [3.63, 3.8) is 0 Å². The van der Waals surface area contributed by atoms with Gasteiger partial charge in [-0.1, -0.05) is 54.6 Å². The molecule has 0 saturated heterocycles. The van der Waals surface area contributed by atoms with Crippen molar-refractivity contribution in [1.29, 1.82) is 0 Å². The van der Waals surface area contributed by atoms with Crippen LogP contribution in [-0.4, -0.2) is 28.1 Å². The van der Waals surface area contributed by atoms with Gasteiger partial charge >= 0.3 is 5.97 Å². The first-order chi connectivity index (χ1) is 16.5. The molecule has 7 nitrogen and oxygen atoms in total. The first kappa shape index (κ1) is 20.2. The molecule has 1 atom stereocenters. The molecule has 0 fully saturated rings. The molecule has 1 aliphatic heterocycles. The van der Waals surface area contributed by atoms with Crippen LogP contribution in [0.1, 0.15) is 34.1 Å². The number of rotatable bonds is 3. The average Bonchev–Trinajstić information content (AvgIpc) is 3.30. The second-order valence-corrected chi connectivity index (χ2v) is 8.36. The summed E-state index contributed by atoms with van der Waals surface area (Å²) in [5.74, 6) is -0.783. The van der Waals surface area contributed by atoms with Crippen molar-refractivity contribution in [3.8, 4) is 11.6 Å². The first-order valence-electron chi connectivity index (χ1n) is 11.1. The molecule has 0 bridgehead atoms. The number of ketones is 1. The van der Waals surface area contributed by atoms with Crippen molar-refractivity contribution in [2.75, 3.05) is 6.61 Å². The predicted octanol–water partition coefficient (Wildman–Crippen LogP) is 3.94. The molecular weight excluding hydrogens is 430 g/mol. The Kier molecular flexibility index (Phi) is 4.20. The lowest BCUT2D eigenvalue weighted by molar-refractivity contribution is -0.139. The molecule has 1 unspecified atom stereocenters. The smallest absolute Gasteiger partial charge is 0.341 e. The molecule has 6 rings (SSSR count). The van der Waals surface area contributed by atoms with Gasteiger partial charge in [0.05, 0.1) is 23.6 Å². The third-order valence-corrected chi connectivity index (χ3v) is 6.60. The number of aromatic nitrogens is 2. The molecule has 2 heterocycles. The van der Waals surface area contributed by atoms with Gasteiger partial charge in [-0.05, 0) is 42.3 Å². The van der Waals surface area contributed by atoms with Crippen molar-refractivity contribution in [3.05, 3.63) is 101 Å². The van der Waals surface area contributed by atoms with Crippen LogP contribution in [0.2, 0.25) is 0 Å². The van der Waals surface area contributed by atoms with Crippen molar-refractivity contribution < 1.29 is 19.1 Å². The molecule has 4 aromatic rings. The zero-order valence-corrected chi connectivity index (χ0v) is 18.7. The van der Waals surface area contributed by atoms with Crippen LogP contribution in [-0.2, 0) is 14.9 Å². The van der Waals surface area contributed by atoms with E-state index in [1.54, 1.807) is 17.7 Å². The number of para-hydroxylation sites is 1. The second-order valence-electron chi connectivity index (χ2n) is 8.36. The number of fused-ring (bicyclic) bond motifs is 3. The first-order valence-corrected chi connectivity index (χ1v) is 11.1. The van der Waals surface area contributed by atoms with Gasteiger partial charge < -0.3 is 15.2 Å². The Hall–Kier alpha value is -4.39. The Labute approximate surface area is 195 Å². The van der Waals surface area contributed by atoms with Crippen LogP contribution in [0, 0.1) is 6.92 Å². The molecule has 34 heavy (non-hydrogen) atoms. The summed E-state index contributed by atoms with van der Waals surface area (Å²) in [6.07, 6.45) is 0. The van der Waals surface area contributed by atoms with Gasteiger partial charge in [-0.2, -0.15) is 5.10 Å². The zero-order valence-electron chi connectivity index (χ0n) is 18.7. The lowest BCUT2D eigenvalue weighted by Crippen LogP contribution is -2.45. The number of benzene rings is 3. The number of Topliss-reactive ketones (excluding diaryl/α,β-unsaturated/α-hetero) is 1. The lowest BCUT2D eigenvalue weighted by Gasteiger charge is -2.35. The summed E-state index contributed by atoms with van der Waals surface area (Å²) in [5.41, 5.74) is 7.91. The van der Waals surface area contributed by atoms with Crippen molar-refractivity contribution in [1.82, 2.24) is 9.78 Å². The number of ether oxygens (including phenoxy) is 2. The van der Waals surface area contributed by atoms with E-state index in [2.05, 4.69) is 0 Å². The quantitative estimate of drug-likeness (QED) is 0.474. The van der Waals surface area contributed by atoms with Crippen molar-refractivity contribution in [2.45, 2.75) is 19.3 Å². The Morgan fingerprint density at radius 1 is 1.09 bits per heavy atom. The Morgan fingerprint density at radius 2 is 1.82 bits per heavy atom. The highest BCUT2D eigenvalue weighted by Gasteiger charge is 2.60. The Balaban J connectivity index is 1.76. The van der Waals surface area contributed by atoms with Gasteiger partial charge in [0.15, 0.2) is 5.78 Å². The molecule has 168 valence electrons. The van der Waals surface area contributed by atoms with Crippen LogP contribution in [0.4, 0.5) is 0 Å². The van der Waals surface area contributed by atoms with Gasteiger partial charge in [0.2, 0.25) is 11.8 Å². The summed E-state index contributed by atoms with van der Waals surface area (Å²) in [5, 5.41) is 6.42. The summed E-state index contributed by atoms with van der Waals surface area (Å²) in [6, 6.07) is 20.7. The van der Waals surface area contributed by atoms with E-state index in [9.17, 15) is 9.59 Å². The van der Waals surface area contributed by atoms with E-state index in [4.69, 9.17) is 20.3 Å². The molecule has 3 aromatic carbocycles. The maximum absolute atomic E-state index is 14.4. The monoisotopic (exact) mass is 451 g/mol. The van der Waals surface area contributed by atoms with E-state index in [0.29, 0.717) is 28.3 Å². The molecule has 2 aliphatic rings. The van der Waals surface area contributed by atoms with Gasteiger partial charge in [0.25, 0.3) is 0 Å². The molecular formula is C27H21N3O4. The number of carbonyl (C=O) groups is 2. The van der Waals surface area contributed by atoms with Crippen LogP contribution < -0.4 is 10.5 Å². The molecule has 1 aliphatic carbocycles. The highest BCUT2D eigenvalue weighted by atomic mass is 16.5. The van der Waals surface area contributed by atoms with Gasteiger partial charge in [0, 0.05) is 5.56 Å². The van der Waals surface area contributed by atoms with Crippen molar-refractivity contribution in [2.24, 2.45) is 5.73 Å². The predicted molar refractivity (Wildman–Crippen MR) is 126 cm³/mol. The average molecular weight is 451 g/mol. The maximum atomic E-state index is 14.4. The van der Waals surface area contributed by atoms with Gasteiger partial charge in [-0.3, -0.25) is 4.79 Å². The van der Waals surface area contributed by atoms with E-state index >= 15 is 0 Å². The third kappa shape index (κ3) is 2.38. The number of hydrogen-bond acceptors (Lipinski definition) is 6. The van der Waals surface area contributed by atoms with Gasteiger partial charge in [-0.15, -0.1) is 0 Å². The van der Waals surface area contributed by atoms with Crippen LogP contribution >= 0.6 is 0 Å². The van der Waals surface area contributed by atoms with E-state index in [1.165, 1.54) is 0 Å². The van der Waals surface area contributed by atoms with E-state index < -0.39 is 11.4 Å². The third-order valence-electron chi connectivity index (χ3n) is 6.60. The highest BCUT2D eigenvalue weighted by Crippen LogP contribution is 2.56. The highest BCUT2D eigenvalue weighted by molar-refractivity contribution is 6.26. The fourth-order valence-electron chi connectivity index (χ4n) is 5.36. The summed E-state index contributed by atoms with van der Waals surface area (Å²) in [7, 11) is 0. The summed E-state index contributed by atoms with van der Waals surface area (Å²) in [6.45, 7) is 3.65. The summed E-state index contributed by atoms with van der Waals surface area (Å²) >= 11 is 0. The fraction of sp³-hybridized carbons (Fsp3) is 0.148. The van der Waals surface area contributed by atoms with Crippen LogP contribution in [0.25, 0.3) is 16.5 Å². The number of carbonyl (C=O) groups excluding carboxylic acids is 2. The zero-order chi connectivity index (χ0) is 23.6. The minimum atomic E-state index is -1.52. The molecule has 0 amide bonds. The minimum Gasteiger partial charge on any atom is -0.462 e. The Bertz CT molecular complexity index is 1550. The molecule has 0 saturated carbocycles. The lowest BCUT2D eigenvalue weighted by atomic mass is 9.67. The standard InChI is InChI=1S/C27H21N3O4/c1-3-33-26(32)22-24(28)34-25-21(15(2)29-30(25)17-11-5-4-6-12-17)27(22)19-14-8-10-16-9-7-13-18(20(16)19)23(27)31/h4-14H,3,28H2,1-2H3. The van der Waals surface area contributed by atoms with Gasteiger partial charge in [0.1, 0.15) is 11.0 Å². The minimum absolute atomic E-state index is 0.00809. The van der Waals surface area contributed by atoms with Crippen LogP contribution in [0.15, 0.2) is 78.2 Å². The summed E-state index contributed by atoms with van der Waals surface area (Å²) in [4.78, 5) is 27.8. The summed E-state index contributed by atoms with van der Waals surface area (Å²) < 4.78 is 13.1. The normalized spacial score (nSPS) is 18.4. The number of nitrogens with two attached hydrogens (primary N) is 1. The maximum Gasteiger partial charge on any atom is 0.341 e. The Morgan fingerprint density at radius 3 is 2.56 bits per heavy atom. The van der Waals surface area contributed by atoms with E-state index in [-0.39, 0.29) is 23.8 Å². The largest absolute Gasteiger partial charge is 0.462 e. The molecule has 7 heteroatoms. The SMILES string of the molecule is CCOC(=O)C1=C(N)Oc2c(c(C)nn2-c2ccccc2)C12C(=O)c1cccc3cccc2c13. The van der Waals surface area contributed by atoms with Crippen LogP contribution in [0.3, 0.4) is 0 Å². The molecule has 1 aromatic heterocycles. The number of esters is 1. The van der Waals surface area contributed by atoms with Crippen molar-refractivity contribution >= 4 is 22.5 Å². The van der Waals surface area contributed by atoms with E-state index in [0.717, 1.165) is 16.5 Å². The second kappa shape index (κ2) is 7.05. The fourth-order valence-corrected chi connectivity index (χ4v) is 5.36. The topological polar surface area (TPSA) is 96.4 Å². The number of nitrogens with zero attached hydrogens (tertiary/aromatic N) is 2. The molecule has 1 spiro atoms. The van der Waals surface area contributed by atoms with Gasteiger partial charge in [-0.25, -0.2) is 9.48 Å². The van der Waals surface area contributed by atoms with Crippen LogP contribution in [0.5, 0.6) is 5.88 Å². The molecule has 0 radical (unpaired) electrons. The van der Waals surface area contributed by atoms with E-state index in [1.807, 2.05) is 67.6 Å².